The molecule has 2 unspecified atom stereocenters. The Hall–Kier alpha value is -1.69. The molecule has 19 heavy (non-hydrogen) atoms. The first-order valence-electron chi connectivity index (χ1n) is 5.80. The smallest absolute Gasteiger partial charge is 0.286 e. The number of thioether (sulfide) groups is 1. The molecule has 2 atom stereocenters. The van der Waals surface area contributed by atoms with Gasteiger partial charge in [0.25, 0.3) is 5.24 Å². The molecule has 0 saturated carbocycles. The van der Waals surface area contributed by atoms with Crippen LogP contribution < -0.4 is 14.8 Å². The fraction of sp³-hybridized carbons (Fsp3) is 0.385. The quantitative estimate of drug-likeness (QED) is 0.916. The molecular weight excluding hydrogens is 266 g/mol. The van der Waals surface area contributed by atoms with Crippen molar-refractivity contribution in [1.29, 1.82) is 0 Å². The second kappa shape index (κ2) is 5.52. The van der Waals surface area contributed by atoms with Crippen molar-refractivity contribution in [3.63, 3.8) is 0 Å². The van der Waals surface area contributed by atoms with E-state index in [4.69, 9.17) is 9.47 Å². The highest BCUT2D eigenvalue weighted by Crippen LogP contribution is 2.38. The van der Waals surface area contributed by atoms with E-state index in [1.54, 1.807) is 26.4 Å². The first-order valence-corrected chi connectivity index (χ1v) is 6.68. The van der Waals surface area contributed by atoms with Crippen LogP contribution in [0.2, 0.25) is 0 Å². The molecule has 0 aromatic heterocycles. The van der Waals surface area contributed by atoms with Gasteiger partial charge in [0.2, 0.25) is 5.91 Å². The van der Waals surface area contributed by atoms with Gasteiger partial charge in [-0.25, -0.2) is 0 Å². The third kappa shape index (κ3) is 2.68. The number of rotatable bonds is 4. The van der Waals surface area contributed by atoms with Crippen molar-refractivity contribution in [3.8, 4) is 11.5 Å². The standard InChI is InChI=1S/C13H15NO4S/c1-7(11-12(15)14-13(16)19-11)9-6-8(17-2)4-5-10(9)18-3/h4-7,11H,1-3H3,(H,14,15,16). The summed E-state index contributed by atoms with van der Waals surface area (Å²) in [5, 5.41) is 1.56. The zero-order chi connectivity index (χ0) is 14.0. The highest BCUT2D eigenvalue weighted by Gasteiger charge is 2.37. The van der Waals surface area contributed by atoms with Gasteiger partial charge < -0.3 is 9.47 Å². The average molecular weight is 281 g/mol. The van der Waals surface area contributed by atoms with Crippen molar-refractivity contribution >= 4 is 22.9 Å². The van der Waals surface area contributed by atoms with Gasteiger partial charge in [-0.15, -0.1) is 0 Å². The Labute approximate surface area is 115 Å². The highest BCUT2D eigenvalue weighted by molar-refractivity contribution is 8.15. The van der Waals surface area contributed by atoms with Crippen LogP contribution in [0.3, 0.4) is 0 Å². The van der Waals surface area contributed by atoms with Crippen LogP contribution in [-0.2, 0) is 4.79 Å². The minimum Gasteiger partial charge on any atom is -0.497 e. The van der Waals surface area contributed by atoms with Gasteiger partial charge in [-0.05, 0) is 18.2 Å². The van der Waals surface area contributed by atoms with Gasteiger partial charge in [0, 0.05) is 11.5 Å². The Kier molecular flexibility index (Phi) is 3.99. The molecule has 1 N–H and O–H groups in total. The van der Waals surface area contributed by atoms with Crippen LogP contribution in [-0.4, -0.2) is 30.6 Å². The molecule has 0 aliphatic carbocycles. The number of methoxy groups -OCH3 is 2. The zero-order valence-electron chi connectivity index (χ0n) is 10.9. The lowest BCUT2D eigenvalue weighted by atomic mass is 9.95. The maximum absolute atomic E-state index is 11.7. The summed E-state index contributed by atoms with van der Waals surface area (Å²) in [7, 11) is 3.15. The monoisotopic (exact) mass is 281 g/mol. The highest BCUT2D eigenvalue weighted by atomic mass is 32.2. The van der Waals surface area contributed by atoms with Crippen LogP contribution in [0.4, 0.5) is 4.79 Å². The topological polar surface area (TPSA) is 64.6 Å². The molecular formula is C13H15NO4S. The predicted octanol–water partition coefficient (Wildman–Crippen LogP) is 2.16. The Morgan fingerprint density at radius 1 is 1.26 bits per heavy atom. The van der Waals surface area contributed by atoms with E-state index in [-0.39, 0.29) is 17.1 Å². The molecule has 1 fully saturated rings. The van der Waals surface area contributed by atoms with Gasteiger partial charge in [-0.1, -0.05) is 18.7 Å². The SMILES string of the molecule is COc1ccc(OC)c(C(C)C2SC(=O)NC2=O)c1. The number of hydrogen-bond acceptors (Lipinski definition) is 5. The summed E-state index contributed by atoms with van der Waals surface area (Å²) in [5.74, 6) is 0.965. The summed E-state index contributed by atoms with van der Waals surface area (Å²) in [6, 6.07) is 5.42. The predicted molar refractivity (Wildman–Crippen MR) is 72.9 cm³/mol. The van der Waals surface area contributed by atoms with E-state index in [2.05, 4.69) is 5.32 Å². The summed E-state index contributed by atoms with van der Waals surface area (Å²) >= 11 is 1.01. The first kappa shape index (κ1) is 13.7. The van der Waals surface area contributed by atoms with Gasteiger partial charge in [-0.3, -0.25) is 14.9 Å². The Morgan fingerprint density at radius 2 is 2.00 bits per heavy atom. The lowest BCUT2D eigenvalue weighted by Gasteiger charge is -2.19. The fourth-order valence-corrected chi connectivity index (χ4v) is 2.96. The lowest BCUT2D eigenvalue weighted by Crippen LogP contribution is -2.27. The molecule has 2 amide bonds. The zero-order valence-corrected chi connectivity index (χ0v) is 11.7. The van der Waals surface area contributed by atoms with Gasteiger partial charge in [0.05, 0.1) is 14.2 Å². The number of carbonyl (C=O) groups is 2. The molecule has 1 aliphatic heterocycles. The molecule has 102 valence electrons. The van der Waals surface area contributed by atoms with Crippen molar-refractivity contribution < 1.29 is 19.1 Å². The molecule has 1 aromatic rings. The fourth-order valence-electron chi connectivity index (χ4n) is 2.06. The lowest BCUT2D eigenvalue weighted by molar-refractivity contribution is -0.119. The number of imide groups is 1. The molecule has 0 radical (unpaired) electrons. The molecule has 1 heterocycles. The summed E-state index contributed by atoms with van der Waals surface area (Å²) < 4.78 is 10.5. The summed E-state index contributed by atoms with van der Waals surface area (Å²) in [6.07, 6.45) is 0. The summed E-state index contributed by atoms with van der Waals surface area (Å²) in [6.45, 7) is 1.90. The molecule has 0 bridgehead atoms. The van der Waals surface area contributed by atoms with E-state index in [0.717, 1.165) is 17.3 Å². The van der Waals surface area contributed by atoms with E-state index in [1.165, 1.54) is 0 Å². The maximum Gasteiger partial charge on any atom is 0.286 e. The number of benzene rings is 1. The third-order valence-corrected chi connectivity index (χ3v) is 4.29. The van der Waals surface area contributed by atoms with Crippen LogP contribution in [0.15, 0.2) is 18.2 Å². The molecule has 5 nitrogen and oxygen atoms in total. The van der Waals surface area contributed by atoms with Crippen LogP contribution in [0.1, 0.15) is 18.4 Å². The molecule has 1 aliphatic rings. The molecule has 1 saturated heterocycles. The third-order valence-electron chi connectivity index (χ3n) is 3.10. The van der Waals surface area contributed by atoms with Crippen LogP contribution in [0.25, 0.3) is 0 Å². The van der Waals surface area contributed by atoms with Crippen LogP contribution in [0, 0.1) is 0 Å². The summed E-state index contributed by atoms with van der Waals surface area (Å²) in [5.41, 5.74) is 0.851. The minimum absolute atomic E-state index is 0.151. The van der Waals surface area contributed by atoms with Crippen LogP contribution >= 0.6 is 11.8 Å². The van der Waals surface area contributed by atoms with Crippen molar-refractivity contribution in [2.45, 2.75) is 18.1 Å². The average Bonchev–Trinajstić information content (AvgIpc) is 2.76. The van der Waals surface area contributed by atoms with Gasteiger partial charge in [0.1, 0.15) is 16.7 Å². The van der Waals surface area contributed by atoms with Crippen molar-refractivity contribution in [2.24, 2.45) is 0 Å². The largest absolute Gasteiger partial charge is 0.497 e. The Morgan fingerprint density at radius 3 is 2.53 bits per heavy atom. The summed E-state index contributed by atoms with van der Waals surface area (Å²) in [4.78, 5) is 23.0. The van der Waals surface area contributed by atoms with Crippen LogP contribution in [0.5, 0.6) is 11.5 Å². The van der Waals surface area contributed by atoms with Crippen molar-refractivity contribution in [1.82, 2.24) is 5.32 Å². The second-order valence-electron chi connectivity index (χ2n) is 4.21. The van der Waals surface area contributed by atoms with Gasteiger partial charge in [-0.2, -0.15) is 0 Å². The molecule has 0 spiro atoms. The molecule has 1 aromatic carbocycles. The van der Waals surface area contributed by atoms with E-state index < -0.39 is 5.25 Å². The van der Waals surface area contributed by atoms with E-state index in [9.17, 15) is 9.59 Å². The Bertz CT molecular complexity index is 517. The normalized spacial score (nSPS) is 20.1. The number of hydrogen-bond donors (Lipinski definition) is 1. The second-order valence-corrected chi connectivity index (χ2v) is 5.33. The number of ether oxygens (including phenoxy) is 2. The van der Waals surface area contributed by atoms with E-state index in [1.807, 2.05) is 13.0 Å². The Balaban J connectivity index is 2.34. The maximum atomic E-state index is 11.7. The van der Waals surface area contributed by atoms with Crippen molar-refractivity contribution in [3.05, 3.63) is 23.8 Å². The van der Waals surface area contributed by atoms with E-state index >= 15 is 0 Å². The number of nitrogens with one attached hydrogen (secondary N) is 1. The molecule has 6 heteroatoms. The minimum atomic E-state index is -0.437. The van der Waals surface area contributed by atoms with Gasteiger partial charge in [0.15, 0.2) is 0 Å². The van der Waals surface area contributed by atoms with Gasteiger partial charge >= 0.3 is 0 Å². The van der Waals surface area contributed by atoms with E-state index in [0.29, 0.717) is 11.5 Å². The molecule has 2 rings (SSSR count). The first-order chi connectivity index (χ1) is 9.06. The number of carbonyl (C=O) groups excluding carboxylic acids is 2. The van der Waals surface area contributed by atoms with Crippen molar-refractivity contribution in [2.75, 3.05) is 14.2 Å². The number of amides is 2.